The number of carbonyl (C=O) groups excluding carboxylic acids is 1. The maximum absolute atomic E-state index is 13.9. The number of benzene rings is 2. The maximum atomic E-state index is 13.9. The Hall–Kier alpha value is -2.80. The lowest BCUT2D eigenvalue weighted by atomic mass is 9.89. The average Bonchev–Trinajstić information content (AvgIpc) is 3.25. The molecule has 1 N–H and O–H groups in total. The first-order valence-electron chi connectivity index (χ1n) is 9.74. The molecule has 1 saturated heterocycles. The number of rotatable bonds is 5. The van der Waals surface area contributed by atoms with E-state index in [4.69, 9.17) is 9.57 Å². The van der Waals surface area contributed by atoms with Crippen molar-refractivity contribution in [2.24, 2.45) is 11.1 Å². The molecule has 0 spiro atoms. The van der Waals surface area contributed by atoms with Crippen LogP contribution >= 0.6 is 0 Å². The smallest absolute Gasteiger partial charge is 0.264 e. The van der Waals surface area contributed by atoms with Gasteiger partial charge >= 0.3 is 0 Å². The standard InChI is InChI=1S/C22H22F2N2O3/c23-16-8-9-18(24)17(11-16)19-12-20(29-26-19)22(27)25-13-15-7-4-10-28-21(15)14-5-2-1-3-6-14/h1-3,5-6,8-9,11,15,20-21H,4,7,10,12-13H2,(H,25,27)/t15-,20-,21+/m0/s1. The second-order valence-electron chi connectivity index (χ2n) is 7.31. The van der Waals surface area contributed by atoms with E-state index in [-0.39, 0.29) is 35.6 Å². The van der Waals surface area contributed by atoms with Crippen LogP contribution in [0.25, 0.3) is 0 Å². The lowest BCUT2D eigenvalue weighted by Gasteiger charge is -2.32. The zero-order valence-corrected chi connectivity index (χ0v) is 15.8. The number of ether oxygens (including phenoxy) is 1. The molecule has 0 radical (unpaired) electrons. The van der Waals surface area contributed by atoms with E-state index in [1.54, 1.807) is 0 Å². The summed E-state index contributed by atoms with van der Waals surface area (Å²) in [7, 11) is 0. The topological polar surface area (TPSA) is 59.9 Å². The summed E-state index contributed by atoms with van der Waals surface area (Å²) in [6, 6.07) is 13.1. The Morgan fingerprint density at radius 2 is 2.00 bits per heavy atom. The van der Waals surface area contributed by atoms with Gasteiger partial charge < -0.3 is 14.9 Å². The minimum atomic E-state index is -0.854. The van der Waals surface area contributed by atoms with Crippen molar-refractivity contribution in [1.29, 1.82) is 0 Å². The number of amides is 1. The number of halogens is 2. The van der Waals surface area contributed by atoms with Crippen LogP contribution in [0.2, 0.25) is 0 Å². The molecule has 2 aliphatic heterocycles. The Labute approximate surface area is 167 Å². The predicted molar refractivity (Wildman–Crippen MR) is 103 cm³/mol. The van der Waals surface area contributed by atoms with Gasteiger partial charge in [-0.15, -0.1) is 0 Å². The van der Waals surface area contributed by atoms with E-state index in [2.05, 4.69) is 10.5 Å². The summed E-state index contributed by atoms with van der Waals surface area (Å²) in [4.78, 5) is 17.7. The molecule has 2 aliphatic rings. The third-order valence-electron chi connectivity index (χ3n) is 5.31. The number of hydrogen-bond donors (Lipinski definition) is 1. The van der Waals surface area contributed by atoms with Crippen LogP contribution in [0.1, 0.15) is 36.5 Å². The van der Waals surface area contributed by atoms with Gasteiger partial charge in [-0.1, -0.05) is 35.5 Å². The van der Waals surface area contributed by atoms with Gasteiger partial charge in [0.15, 0.2) is 0 Å². The Bertz CT molecular complexity index is 904. The van der Waals surface area contributed by atoms with E-state index >= 15 is 0 Å². The zero-order valence-electron chi connectivity index (χ0n) is 15.8. The van der Waals surface area contributed by atoms with Crippen LogP contribution < -0.4 is 5.32 Å². The summed E-state index contributed by atoms with van der Waals surface area (Å²) in [5.74, 6) is -1.34. The average molecular weight is 400 g/mol. The first-order chi connectivity index (χ1) is 14.1. The molecule has 3 atom stereocenters. The number of hydrogen-bond acceptors (Lipinski definition) is 4. The molecule has 0 unspecified atom stereocenters. The van der Waals surface area contributed by atoms with Gasteiger partial charge in [-0.25, -0.2) is 8.78 Å². The maximum Gasteiger partial charge on any atom is 0.264 e. The molecule has 2 aromatic rings. The van der Waals surface area contributed by atoms with Gasteiger partial charge in [-0.3, -0.25) is 4.79 Å². The third-order valence-corrected chi connectivity index (χ3v) is 5.31. The van der Waals surface area contributed by atoms with Crippen molar-refractivity contribution in [1.82, 2.24) is 5.32 Å². The Morgan fingerprint density at radius 1 is 1.17 bits per heavy atom. The zero-order chi connectivity index (χ0) is 20.2. The minimum Gasteiger partial charge on any atom is -0.382 e. The second-order valence-corrected chi connectivity index (χ2v) is 7.31. The van der Waals surface area contributed by atoms with E-state index < -0.39 is 17.7 Å². The first kappa shape index (κ1) is 19.5. The summed E-state index contributed by atoms with van der Waals surface area (Å²) >= 11 is 0. The SMILES string of the molecule is O=C(NC[C@@H]1CCCO[C@@H]1c1ccccc1)[C@@H]1CC(c2cc(F)ccc2F)=NO1. The Balaban J connectivity index is 1.35. The van der Waals surface area contributed by atoms with Crippen molar-refractivity contribution < 1.29 is 23.1 Å². The molecule has 7 heteroatoms. The number of carbonyl (C=O) groups is 1. The molecule has 2 aromatic carbocycles. The van der Waals surface area contributed by atoms with Gasteiger partial charge in [0.05, 0.1) is 11.8 Å². The fourth-order valence-electron chi connectivity index (χ4n) is 3.80. The van der Waals surface area contributed by atoms with Gasteiger partial charge in [-0.2, -0.15) is 0 Å². The molecule has 5 nitrogen and oxygen atoms in total. The molecule has 29 heavy (non-hydrogen) atoms. The molecule has 152 valence electrons. The van der Waals surface area contributed by atoms with Gasteiger partial charge in [-0.05, 0) is 36.6 Å². The van der Waals surface area contributed by atoms with Crippen LogP contribution in [0.4, 0.5) is 8.78 Å². The summed E-state index contributed by atoms with van der Waals surface area (Å²) < 4.78 is 33.3. The molecule has 4 rings (SSSR count). The number of oxime groups is 1. The highest BCUT2D eigenvalue weighted by Crippen LogP contribution is 2.33. The third kappa shape index (κ3) is 4.45. The predicted octanol–water partition coefficient (Wildman–Crippen LogP) is 3.74. The Morgan fingerprint density at radius 3 is 2.83 bits per heavy atom. The quantitative estimate of drug-likeness (QED) is 0.832. The molecule has 0 bridgehead atoms. The van der Waals surface area contributed by atoms with Crippen LogP contribution in [0, 0.1) is 17.6 Å². The summed E-state index contributed by atoms with van der Waals surface area (Å²) in [5, 5.41) is 6.70. The van der Waals surface area contributed by atoms with E-state index in [0.717, 1.165) is 36.6 Å². The van der Waals surface area contributed by atoms with Crippen molar-refractivity contribution in [3.05, 3.63) is 71.3 Å². The van der Waals surface area contributed by atoms with Gasteiger partial charge in [0.2, 0.25) is 6.10 Å². The monoisotopic (exact) mass is 400 g/mol. The minimum absolute atomic E-state index is 0.0186. The molecule has 0 aromatic heterocycles. The van der Waals surface area contributed by atoms with Gasteiger partial charge in [0.1, 0.15) is 11.6 Å². The summed E-state index contributed by atoms with van der Waals surface area (Å²) in [5.41, 5.74) is 1.34. The summed E-state index contributed by atoms with van der Waals surface area (Å²) in [6.45, 7) is 1.15. The molecule has 0 aliphatic carbocycles. The van der Waals surface area contributed by atoms with E-state index in [9.17, 15) is 13.6 Å². The molecule has 0 saturated carbocycles. The van der Waals surface area contributed by atoms with Crippen LogP contribution in [0.15, 0.2) is 53.7 Å². The van der Waals surface area contributed by atoms with Crippen molar-refractivity contribution in [2.45, 2.75) is 31.5 Å². The van der Waals surface area contributed by atoms with E-state index in [1.165, 1.54) is 0 Å². The van der Waals surface area contributed by atoms with Crippen molar-refractivity contribution in [3.63, 3.8) is 0 Å². The highest BCUT2D eigenvalue weighted by molar-refractivity contribution is 6.04. The van der Waals surface area contributed by atoms with Gasteiger partial charge in [0, 0.05) is 31.1 Å². The highest BCUT2D eigenvalue weighted by atomic mass is 19.1. The molecular weight excluding hydrogens is 378 g/mol. The number of nitrogens with one attached hydrogen (secondary N) is 1. The van der Waals surface area contributed by atoms with Crippen LogP contribution in [0.5, 0.6) is 0 Å². The second kappa shape index (κ2) is 8.69. The van der Waals surface area contributed by atoms with Crippen LogP contribution in [0.3, 0.4) is 0 Å². The van der Waals surface area contributed by atoms with Crippen molar-refractivity contribution >= 4 is 11.6 Å². The Kier molecular flexibility index (Phi) is 5.85. The molecule has 2 heterocycles. The van der Waals surface area contributed by atoms with Crippen LogP contribution in [-0.2, 0) is 14.4 Å². The fraction of sp³-hybridized carbons (Fsp3) is 0.364. The lowest BCUT2D eigenvalue weighted by Crippen LogP contribution is -2.40. The highest BCUT2D eigenvalue weighted by Gasteiger charge is 2.32. The number of nitrogens with zero attached hydrogens (tertiary/aromatic N) is 1. The van der Waals surface area contributed by atoms with Crippen LogP contribution in [-0.4, -0.2) is 30.9 Å². The van der Waals surface area contributed by atoms with E-state index in [1.807, 2.05) is 30.3 Å². The fourth-order valence-corrected chi connectivity index (χ4v) is 3.80. The molecular formula is C22H22F2N2O3. The first-order valence-corrected chi connectivity index (χ1v) is 9.74. The van der Waals surface area contributed by atoms with Crippen molar-refractivity contribution in [3.8, 4) is 0 Å². The molecule has 1 amide bonds. The largest absolute Gasteiger partial charge is 0.382 e. The van der Waals surface area contributed by atoms with E-state index in [0.29, 0.717) is 13.2 Å². The van der Waals surface area contributed by atoms with Gasteiger partial charge in [0.25, 0.3) is 5.91 Å². The summed E-state index contributed by atoms with van der Waals surface area (Å²) in [6.07, 6.45) is 1.06. The normalized spacial score (nSPS) is 23.9. The molecule has 1 fully saturated rings. The lowest BCUT2D eigenvalue weighted by molar-refractivity contribution is -0.131. The van der Waals surface area contributed by atoms with Crippen molar-refractivity contribution in [2.75, 3.05) is 13.2 Å².